The molecule has 5 N–H and O–H groups in total. The van der Waals surface area contributed by atoms with Crippen LogP contribution in [-0.2, 0) is 0 Å². The average Bonchev–Trinajstić information content (AvgIpc) is 2.05. The molecule has 1 aliphatic rings. The van der Waals surface area contributed by atoms with Crippen LogP contribution >= 0.6 is 0 Å². The molecule has 2 amide bonds. The van der Waals surface area contributed by atoms with Gasteiger partial charge < -0.3 is 10.6 Å². The minimum absolute atomic E-state index is 0.211. The van der Waals surface area contributed by atoms with Gasteiger partial charge in [0, 0.05) is 19.1 Å². The van der Waals surface area contributed by atoms with Gasteiger partial charge in [0.25, 0.3) is 0 Å². The van der Waals surface area contributed by atoms with Crippen molar-refractivity contribution in [1.29, 1.82) is 0 Å². The van der Waals surface area contributed by atoms with E-state index < -0.39 is 0 Å². The Hall–Kier alpha value is -0.810. The Morgan fingerprint density at radius 1 is 1.45 bits per heavy atom. The van der Waals surface area contributed by atoms with Gasteiger partial charge in [-0.1, -0.05) is 0 Å². The molecule has 0 bridgehead atoms. The summed E-state index contributed by atoms with van der Waals surface area (Å²) in [4.78, 5) is 12.6. The number of likely N-dealkylation sites (tertiary alicyclic amines) is 1. The van der Waals surface area contributed by atoms with E-state index in [0.29, 0.717) is 13.1 Å². The number of rotatable bonds is 0. The van der Waals surface area contributed by atoms with Gasteiger partial charge in [-0.2, -0.15) is 0 Å². The van der Waals surface area contributed by atoms with E-state index in [4.69, 9.17) is 11.6 Å². The highest BCUT2D eigenvalue weighted by molar-refractivity contribution is 5.73. The summed E-state index contributed by atoms with van der Waals surface area (Å²) in [7, 11) is 0. The Morgan fingerprint density at radius 2 is 2.00 bits per heavy atom. The van der Waals surface area contributed by atoms with Crippen molar-refractivity contribution in [2.45, 2.75) is 18.9 Å². The van der Waals surface area contributed by atoms with Gasteiger partial charge in [0.2, 0.25) is 0 Å². The molecule has 0 spiro atoms. The molecule has 1 saturated heterocycles. The molecular formula is C6H14N4O. The summed E-state index contributed by atoms with van der Waals surface area (Å²) in [6.07, 6.45) is 1.74. The first-order valence-electron chi connectivity index (χ1n) is 3.75. The predicted octanol–water partition coefficient (Wildman–Crippen LogP) is -1.01. The van der Waals surface area contributed by atoms with Gasteiger partial charge in [-0.15, -0.1) is 0 Å². The molecule has 0 aromatic carbocycles. The number of nitrogens with zero attached hydrogens (tertiary/aromatic N) is 1. The Bertz CT molecular complexity index is 142. The van der Waals surface area contributed by atoms with Gasteiger partial charge in [0.15, 0.2) is 0 Å². The molecule has 5 nitrogen and oxygen atoms in total. The van der Waals surface area contributed by atoms with E-state index in [0.717, 1.165) is 12.8 Å². The van der Waals surface area contributed by atoms with Crippen molar-refractivity contribution in [1.82, 2.24) is 10.3 Å². The van der Waals surface area contributed by atoms with E-state index in [9.17, 15) is 4.79 Å². The number of urea groups is 1. The van der Waals surface area contributed by atoms with Crippen LogP contribution in [-0.4, -0.2) is 30.1 Å². The van der Waals surface area contributed by atoms with Crippen molar-refractivity contribution in [3.63, 3.8) is 0 Å². The summed E-state index contributed by atoms with van der Waals surface area (Å²) in [6, 6.07) is 0.0359. The van der Waals surface area contributed by atoms with Crippen LogP contribution in [0.4, 0.5) is 4.79 Å². The molecule has 1 fully saturated rings. The lowest BCUT2D eigenvalue weighted by atomic mass is 10.1. The molecule has 11 heavy (non-hydrogen) atoms. The van der Waals surface area contributed by atoms with Gasteiger partial charge in [-0.3, -0.25) is 5.43 Å². The lowest BCUT2D eigenvalue weighted by molar-refractivity contribution is 0.182. The quantitative estimate of drug-likeness (QED) is 0.240. The second-order valence-corrected chi connectivity index (χ2v) is 2.77. The molecule has 0 unspecified atom stereocenters. The number of nitrogens with one attached hydrogen (secondary N) is 1. The number of amides is 2. The van der Waals surface area contributed by atoms with E-state index in [1.54, 1.807) is 4.90 Å². The van der Waals surface area contributed by atoms with E-state index in [-0.39, 0.29) is 12.1 Å². The van der Waals surface area contributed by atoms with Crippen LogP contribution in [0.5, 0.6) is 0 Å². The zero-order valence-electron chi connectivity index (χ0n) is 6.42. The fraction of sp³-hybridized carbons (Fsp3) is 0.833. The monoisotopic (exact) mass is 158 g/mol. The molecule has 0 aliphatic carbocycles. The second-order valence-electron chi connectivity index (χ2n) is 2.77. The summed E-state index contributed by atoms with van der Waals surface area (Å²) >= 11 is 0. The number of carbonyl (C=O) groups excluding carboxylic acids is 1. The first kappa shape index (κ1) is 8.29. The molecule has 0 radical (unpaired) electrons. The van der Waals surface area contributed by atoms with E-state index >= 15 is 0 Å². The highest BCUT2D eigenvalue weighted by Crippen LogP contribution is 2.07. The smallest absolute Gasteiger partial charge is 0.328 e. The Balaban J connectivity index is 2.33. The SMILES string of the molecule is NNC(=O)N1CCC(N)CC1. The molecule has 0 atom stereocenters. The minimum Gasteiger partial charge on any atom is -0.328 e. The fourth-order valence-electron chi connectivity index (χ4n) is 1.19. The first-order valence-corrected chi connectivity index (χ1v) is 3.75. The first-order chi connectivity index (χ1) is 5.24. The minimum atomic E-state index is -0.211. The van der Waals surface area contributed by atoms with Crippen LogP contribution in [0, 0.1) is 0 Å². The van der Waals surface area contributed by atoms with Gasteiger partial charge in [-0.25, -0.2) is 10.6 Å². The summed E-state index contributed by atoms with van der Waals surface area (Å²) < 4.78 is 0. The molecule has 1 aliphatic heterocycles. The molecule has 64 valence electrons. The van der Waals surface area contributed by atoms with Crippen molar-refractivity contribution in [3.05, 3.63) is 0 Å². The lowest BCUT2D eigenvalue weighted by Crippen LogP contribution is -2.49. The third-order valence-electron chi connectivity index (χ3n) is 1.95. The Labute approximate surface area is 65.7 Å². The third-order valence-corrected chi connectivity index (χ3v) is 1.95. The van der Waals surface area contributed by atoms with Crippen molar-refractivity contribution in [2.24, 2.45) is 11.6 Å². The largest absolute Gasteiger partial charge is 0.331 e. The van der Waals surface area contributed by atoms with Crippen molar-refractivity contribution in [3.8, 4) is 0 Å². The van der Waals surface area contributed by atoms with Gasteiger partial charge in [0.1, 0.15) is 0 Å². The topological polar surface area (TPSA) is 84.4 Å². The summed E-state index contributed by atoms with van der Waals surface area (Å²) in [5.41, 5.74) is 7.74. The predicted molar refractivity (Wildman–Crippen MR) is 41.5 cm³/mol. The van der Waals surface area contributed by atoms with Crippen molar-refractivity contribution < 1.29 is 4.79 Å². The normalized spacial score (nSPS) is 20.0. The van der Waals surface area contributed by atoms with Gasteiger partial charge >= 0.3 is 6.03 Å². The highest BCUT2D eigenvalue weighted by atomic mass is 16.2. The molecule has 1 heterocycles. The maximum absolute atomic E-state index is 10.9. The molecule has 0 saturated carbocycles. The zero-order chi connectivity index (χ0) is 8.27. The third kappa shape index (κ3) is 2.06. The lowest BCUT2D eigenvalue weighted by Gasteiger charge is -2.29. The maximum atomic E-state index is 10.9. The number of nitrogens with two attached hydrogens (primary N) is 2. The van der Waals surface area contributed by atoms with Crippen molar-refractivity contribution in [2.75, 3.05) is 13.1 Å². The van der Waals surface area contributed by atoms with E-state index in [1.807, 2.05) is 0 Å². The maximum Gasteiger partial charge on any atom is 0.331 e. The Kier molecular flexibility index (Phi) is 2.67. The number of hydrogen-bond donors (Lipinski definition) is 3. The molecule has 0 aromatic rings. The van der Waals surface area contributed by atoms with Gasteiger partial charge in [-0.05, 0) is 12.8 Å². The van der Waals surface area contributed by atoms with Crippen LogP contribution in [0.1, 0.15) is 12.8 Å². The average molecular weight is 158 g/mol. The fourth-order valence-corrected chi connectivity index (χ4v) is 1.19. The number of carbonyl (C=O) groups is 1. The van der Waals surface area contributed by atoms with Crippen LogP contribution in [0.15, 0.2) is 0 Å². The molecule has 5 heteroatoms. The summed E-state index contributed by atoms with van der Waals surface area (Å²) in [5, 5.41) is 0. The number of hydrazine groups is 1. The standard InChI is InChI=1S/C6H14N4O/c7-5-1-3-10(4-2-5)6(11)9-8/h5H,1-4,7-8H2,(H,9,11). The van der Waals surface area contributed by atoms with Crippen molar-refractivity contribution >= 4 is 6.03 Å². The summed E-state index contributed by atoms with van der Waals surface area (Å²) in [5.74, 6) is 4.97. The Morgan fingerprint density at radius 3 is 2.45 bits per heavy atom. The van der Waals surface area contributed by atoms with E-state index in [2.05, 4.69) is 5.43 Å². The van der Waals surface area contributed by atoms with Gasteiger partial charge in [0.05, 0.1) is 0 Å². The van der Waals surface area contributed by atoms with Crippen LogP contribution in [0.2, 0.25) is 0 Å². The molecular weight excluding hydrogens is 144 g/mol. The highest BCUT2D eigenvalue weighted by Gasteiger charge is 2.19. The number of piperidine rings is 1. The van der Waals surface area contributed by atoms with E-state index in [1.165, 1.54) is 0 Å². The van der Waals surface area contributed by atoms with Crippen LogP contribution in [0.3, 0.4) is 0 Å². The molecule has 0 aromatic heterocycles. The summed E-state index contributed by atoms with van der Waals surface area (Å²) in [6.45, 7) is 1.42. The molecule has 1 rings (SSSR count). The van der Waals surface area contributed by atoms with Crippen LogP contribution in [0.25, 0.3) is 0 Å². The second kappa shape index (κ2) is 3.54. The zero-order valence-corrected chi connectivity index (χ0v) is 6.42. The number of hydrogen-bond acceptors (Lipinski definition) is 3. The van der Waals surface area contributed by atoms with Crippen LogP contribution < -0.4 is 17.0 Å².